The van der Waals surface area contributed by atoms with Gasteiger partial charge in [-0.2, -0.15) is 0 Å². The minimum atomic E-state index is 1.09. The number of anilines is 3. The van der Waals surface area contributed by atoms with E-state index in [1.54, 1.807) is 0 Å². The molecule has 0 atom stereocenters. The van der Waals surface area contributed by atoms with Gasteiger partial charge in [-0.1, -0.05) is 182 Å². The molecule has 0 amide bonds. The first-order valence-electron chi connectivity index (χ1n) is 19.2. The van der Waals surface area contributed by atoms with Gasteiger partial charge in [-0.15, -0.1) is 0 Å². The zero-order chi connectivity index (χ0) is 37.3. The van der Waals surface area contributed by atoms with E-state index in [0.29, 0.717) is 0 Å². The first-order valence-corrected chi connectivity index (χ1v) is 19.2. The Morgan fingerprint density at radius 2 is 0.786 bits per heavy atom. The number of para-hydroxylation sites is 3. The minimum Gasteiger partial charge on any atom is -0.310 e. The minimum absolute atomic E-state index is 1.09. The van der Waals surface area contributed by atoms with E-state index < -0.39 is 0 Å². The molecule has 0 aliphatic heterocycles. The van der Waals surface area contributed by atoms with Crippen molar-refractivity contribution in [1.29, 1.82) is 0 Å². The number of benzene rings is 9. The maximum Gasteiger partial charge on any atom is 0.0562 e. The second-order valence-electron chi connectivity index (χ2n) is 14.1. The molecule has 0 saturated carbocycles. The molecule has 0 aliphatic rings. The summed E-state index contributed by atoms with van der Waals surface area (Å²) < 4.78 is 2.47. The zero-order valence-corrected chi connectivity index (χ0v) is 30.8. The van der Waals surface area contributed by atoms with Gasteiger partial charge in [0.1, 0.15) is 0 Å². The Morgan fingerprint density at radius 3 is 1.50 bits per heavy atom. The van der Waals surface area contributed by atoms with E-state index in [1.165, 1.54) is 60.8 Å². The molecule has 0 spiro atoms. The van der Waals surface area contributed by atoms with Gasteiger partial charge < -0.3 is 9.47 Å². The van der Waals surface area contributed by atoms with Crippen molar-refractivity contribution in [1.82, 2.24) is 4.57 Å². The van der Waals surface area contributed by atoms with Gasteiger partial charge in [-0.05, 0) is 81.9 Å². The Balaban J connectivity index is 1.21. The van der Waals surface area contributed by atoms with Gasteiger partial charge in [0.2, 0.25) is 0 Å². The lowest BCUT2D eigenvalue weighted by atomic mass is 9.95. The molecule has 0 aliphatic carbocycles. The van der Waals surface area contributed by atoms with Crippen LogP contribution in [0.15, 0.2) is 231 Å². The summed E-state index contributed by atoms with van der Waals surface area (Å²) in [4.78, 5) is 2.39. The van der Waals surface area contributed by atoms with Crippen molar-refractivity contribution in [3.63, 3.8) is 0 Å². The summed E-state index contributed by atoms with van der Waals surface area (Å²) >= 11 is 0. The molecule has 56 heavy (non-hydrogen) atoms. The molecule has 9 aromatic carbocycles. The Labute approximate surface area is 327 Å². The third-order valence-electron chi connectivity index (χ3n) is 10.8. The van der Waals surface area contributed by atoms with Crippen molar-refractivity contribution in [2.24, 2.45) is 0 Å². The van der Waals surface area contributed by atoms with Crippen molar-refractivity contribution in [2.45, 2.75) is 0 Å². The second-order valence-corrected chi connectivity index (χ2v) is 14.1. The fourth-order valence-corrected chi connectivity index (χ4v) is 8.14. The average molecular weight is 715 g/mol. The molecule has 10 aromatic rings. The first-order chi connectivity index (χ1) is 27.8. The lowest BCUT2D eigenvalue weighted by Crippen LogP contribution is -2.11. The van der Waals surface area contributed by atoms with E-state index >= 15 is 0 Å². The van der Waals surface area contributed by atoms with Crippen molar-refractivity contribution in [3.8, 4) is 50.2 Å². The van der Waals surface area contributed by atoms with Crippen LogP contribution in [-0.2, 0) is 0 Å². The molecule has 1 heterocycles. The lowest BCUT2D eigenvalue weighted by Gasteiger charge is -2.28. The van der Waals surface area contributed by atoms with Gasteiger partial charge in [0, 0.05) is 33.3 Å². The highest BCUT2D eigenvalue weighted by Crippen LogP contribution is 2.44. The molecule has 0 bridgehead atoms. The molecular weight excluding hydrogens is 677 g/mol. The fourth-order valence-electron chi connectivity index (χ4n) is 8.14. The predicted octanol–water partition coefficient (Wildman–Crippen LogP) is 14.9. The van der Waals surface area contributed by atoms with Gasteiger partial charge in [-0.3, -0.25) is 0 Å². The molecule has 0 saturated heterocycles. The summed E-state index contributed by atoms with van der Waals surface area (Å²) in [6, 6.07) is 83.1. The lowest BCUT2D eigenvalue weighted by molar-refractivity contribution is 1.18. The Bertz CT molecular complexity index is 2930. The van der Waals surface area contributed by atoms with Crippen LogP contribution in [0.1, 0.15) is 0 Å². The fraction of sp³-hybridized carbons (Fsp3) is 0. The predicted molar refractivity (Wildman–Crippen MR) is 237 cm³/mol. The van der Waals surface area contributed by atoms with Gasteiger partial charge >= 0.3 is 0 Å². The van der Waals surface area contributed by atoms with Gasteiger partial charge in [0.15, 0.2) is 0 Å². The largest absolute Gasteiger partial charge is 0.310 e. The Kier molecular flexibility index (Phi) is 8.55. The molecule has 10 rings (SSSR count). The van der Waals surface area contributed by atoms with Crippen LogP contribution in [0.2, 0.25) is 0 Å². The van der Waals surface area contributed by atoms with Crippen molar-refractivity contribution in [3.05, 3.63) is 231 Å². The van der Waals surface area contributed by atoms with E-state index in [0.717, 1.165) is 28.3 Å². The van der Waals surface area contributed by atoms with Crippen molar-refractivity contribution in [2.75, 3.05) is 4.90 Å². The molecule has 0 radical (unpaired) electrons. The SMILES string of the molecule is c1ccc(-c2ccc(-c3cc(-c4ccccc4)ccc3-n3c4ccccc4c4ccc(N(c5ccccc5)c5ccccc5-c5ccccc5)cc43)cc2)cc1. The smallest absolute Gasteiger partial charge is 0.0562 e. The third kappa shape index (κ3) is 6.04. The molecule has 264 valence electrons. The maximum absolute atomic E-state index is 2.47. The summed E-state index contributed by atoms with van der Waals surface area (Å²) in [7, 11) is 0. The van der Waals surface area contributed by atoms with E-state index in [4.69, 9.17) is 0 Å². The van der Waals surface area contributed by atoms with Gasteiger partial charge in [-0.25, -0.2) is 0 Å². The van der Waals surface area contributed by atoms with Crippen LogP contribution in [-0.4, -0.2) is 4.57 Å². The topological polar surface area (TPSA) is 8.17 Å². The molecule has 0 N–H and O–H groups in total. The standard InChI is InChI=1S/C54H38N2/c1-5-17-39(18-6-1)41-29-31-43(32-30-41)50-37-44(40-19-7-2-8-20-40)33-36-53(50)56-52-28-16-14-26-48(52)49-35-34-46(38-54(49)56)55(45-23-11-4-12-24-45)51-27-15-13-25-47(51)42-21-9-3-10-22-42/h1-38H. The molecule has 1 aromatic heterocycles. The quantitative estimate of drug-likeness (QED) is 0.152. The van der Waals surface area contributed by atoms with E-state index in [-0.39, 0.29) is 0 Å². The monoisotopic (exact) mass is 714 g/mol. The van der Waals surface area contributed by atoms with Crippen LogP contribution in [0.25, 0.3) is 72.0 Å². The van der Waals surface area contributed by atoms with Gasteiger partial charge in [0.25, 0.3) is 0 Å². The zero-order valence-electron chi connectivity index (χ0n) is 30.8. The Hall–Kier alpha value is -7.42. The number of aromatic nitrogens is 1. The van der Waals surface area contributed by atoms with Crippen LogP contribution < -0.4 is 4.90 Å². The van der Waals surface area contributed by atoms with Crippen molar-refractivity contribution >= 4 is 38.9 Å². The summed E-state index contributed by atoms with van der Waals surface area (Å²) in [5, 5.41) is 2.44. The number of rotatable bonds is 8. The second kappa shape index (κ2) is 14.4. The summed E-state index contributed by atoms with van der Waals surface area (Å²) in [6.45, 7) is 0. The number of fused-ring (bicyclic) bond motifs is 3. The maximum atomic E-state index is 2.47. The average Bonchev–Trinajstić information content (AvgIpc) is 3.61. The number of hydrogen-bond donors (Lipinski definition) is 0. The molecule has 2 heteroatoms. The van der Waals surface area contributed by atoms with E-state index in [2.05, 4.69) is 240 Å². The van der Waals surface area contributed by atoms with E-state index in [1.807, 2.05) is 0 Å². The van der Waals surface area contributed by atoms with Crippen LogP contribution in [0.5, 0.6) is 0 Å². The normalized spacial score (nSPS) is 11.2. The molecule has 2 nitrogen and oxygen atoms in total. The highest BCUT2D eigenvalue weighted by atomic mass is 15.1. The number of nitrogens with zero attached hydrogens (tertiary/aromatic N) is 2. The van der Waals surface area contributed by atoms with E-state index in [9.17, 15) is 0 Å². The van der Waals surface area contributed by atoms with Crippen LogP contribution in [0.4, 0.5) is 17.1 Å². The molecule has 0 unspecified atom stereocenters. The van der Waals surface area contributed by atoms with Crippen LogP contribution in [0, 0.1) is 0 Å². The van der Waals surface area contributed by atoms with Gasteiger partial charge in [0.05, 0.1) is 22.4 Å². The van der Waals surface area contributed by atoms with Crippen LogP contribution >= 0.6 is 0 Å². The highest BCUT2D eigenvalue weighted by Gasteiger charge is 2.21. The molecule has 0 fully saturated rings. The third-order valence-corrected chi connectivity index (χ3v) is 10.8. The highest BCUT2D eigenvalue weighted by molar-refractivity contribution is 6.11. The summed E-state index contributed by atoms with van der Waals surface area (Å²) in [5.74, 6) is 0. The van der Waals surface area contributed by atoms with Crippen molar-refractivity contribution < 1.29 is 0 Å². The van der Waals surface area contributed by atoms with Crippen LogP contribution in [0.3, 0.4) is 0 Å². The molecular formula is C54H38N2. The summed E-state index contributed by atoms with van der Waals surface area (Å²) in [5.41, 5.74) is 16.3. The number of hydrogen-bond acceptors (Lipinski definition) is 1. The summed E-state index contributed by atoms with van der Waals surface area (Å²) in [6.07, 6.45) is 0. The Morgan fingerprint density at radius 1 is 0.286 bits per heavy atom. The first kappa shape index (κ1) is 33.2.